The summed E-state index contributed by atoms with van der Waals surface area (Å²) in [4.78, 5) is 22.0. The van der Waals surface area contributed by atoms with Crippen LogP contribution in [0.15, 0.2) is 0 Å². The number of carbonyl (C=O) groups excluding carboxylic acids is 2. The molecule has 0 radical (unpaired) electrons. The van der Waals surface area contributed by atoms with Gasteiger partial charge in [-0.15, -0.1) is 0 Å². The van der Waals surface area contributed by atoms with Crippen molar-refractivity contribution in [3.63, 3.8) is 0 Å². The van der Waals surface area contributed by atoms with E-state index in [1.165, 1.54) is 13.8 Å². The number of rotatable bonds is 4. The van der Waals surface area contributed by atoms with Gasteiger partial charge in [-0.1, -0.05) is 0 Å². The lowest BCUT2D eigenvalue weighted by molar-refractivity contribution is -0.231. The van der Waals surface area contributed by atoms with Crippen LogP contribution >= 0.6 is 0 Å². The molecule has 0 spiro atoms. The van der Waals surface area contributed by atoms with E-state index in [-0.39, 0.29) is 6.61 Å². The maximum Gasteiger partial charge on any atom is 0.303 e. The molecule has 2 heterocycles. The standard InChI is InChI=1S/C13H20O8/c1-6(14)17-5-8(16)9-10(18-7(2)15)11-12(19-9)21-13(3,4)20-11/h8-12,16H,5H2,1-4H3/t8-,9-,10+,11-,12-/m1/s1. The molecule has 0 aromatic rings. The number of hydrogen-bond acceptors (Lipinski definition) is 8. The Balaban J connectivity index is 2.07. The van der Waals surface area contributed by atoms with Gasteiger partial charge in [0.2, 0.25) is 0 Å². The van der Waals surface area contributed by atoms with Crippen LogP contribution in [0.25, 0.3) is 0 Å². The monoisotopic (exact) mass is 304 g/mol. The van der Waals surface area contributed by atoms with Crippen molar-refractivity contribution in [2.24, 2.45) is 0 Å². The molecule has 0 unspecified atom stereocenters. The molecule has 0 bridgehead atoms. The van der Waals surface area contributed by atoms with Crippen LogP contribution in [0.5, 0.6) is 0 Å². The van der Waals surface area contributed by atoms with E-state index in [9.17, 15) is 14.7 Å². The number of esters is 2. The first-order chi connectivity index (χ1) is 9.69. The van der Waals surface area contributed by atoms with Crippen LogP contribution in [0.2, 0.25) is 0 Å². The number of hydrogen-bond donors (Lipinski definition) is 1. The second kappa shape index (κ2) is 5.88. The second-order valence-corrected chi connectivity index (χ2v) is 5.51. The highest BCUT2D eigenvalue weighted by molar-refractivity contribution is 5.66. The predicted molar refractivity (Wildman–Crippen MR) is 66.9 cm³/mol. The van der Waals surface area contributed by atoms with Gasteiger partial charge in [-0.2, -0.15) is 0 Å². The van der Waals surface area contributed by atoms with Crippen molar-refractivity contribution in [2.45, 2.75) is 64.2 Å². The van der Waals surface area contributed by atoms with Crippen LogP contribution in [0, 0.1) is 0 Å². The van der Waals surface area contributed by atoms with Crippen LogP contribution < -0.4 is 0 Å². The Morgan fingerprint density at radius 3 is 2.48 bits per heavy atom. The second-order valence-electron chi connectivity index (χ2n) is 5.51. The number of aliphatic hydroxyl groups is 1. The summed E-state index contributed by atoms with van der Waals surface area (Å²) in [5, 5.41) is 10.1. The number of fused-ring (bicyclic) bond motifs is 1. The largest absolute Gasteiger partial charge is 0.463 e. The molecule has 2 saturated heterocycles. The maximum absolute atomic E-state index is 11.2. The van der Waals surface area contributed by atoms with Crippen molar-refractivity contribution in [3.05, 3.63) is 0 Å². The number of aliphatic hydroxyl groups excluding tert-OH is 1. The third-order valence-electron chi connectivity index (χ3n) is 3.17. The lowest BCUT2D eigenvalue weighted by Crippen LogP contribution is -2.45. The zero-order valence-corrected chi connectivity index (χ0v) is 12.4. The van der Waals surface area contributed by atoms with Crippen molar-refractivity contribution >= 4 is 11.9 Å². The van der Waals surface area contributed by atoms with Crippen LogP contribution in [-0.2, 0) is 33.3 Å². The first kappa shape index (κ1) is 16.2. The van der Waals surface area contributed by atoms with Gasteiger partial charge in [-0.05, 0) is 13.8 Å². The molecule has 0 saturated carbocycles. The molecule has 8 heteroatoms. The third kappa shape index (κ3) is 3.70. The molecule has 120 valence electrons. The van der Waals surface area contributed by atoms with Crippen molar-refractivity contribution in [1.82, 2.24) is 0 Å². The molecule has 1 N–H and O–H groups in total. The van der Waals surface area contributed by atoms with Crippen molar-refractivity contribution in [3.8, 4) is 0 Å². The first-order valence-electron chi connectivity index (χ1n) is 6.69. The molecule has 8 nitrogen and oxygen atoms in total. The van der Waals surface area contributed by atoms with E-state index < -0.39 is 48.4 Å². The predicted octanol–water partition coefficient (Wildman–Crippen LogP) is -0.282. The van der Waals surface area contributed by atoms with Crippen LogP contribution in [-0.4, -0.2) is 60.1 Å². The Bertz CT molecular complexity index is 420. The summed E-state index contributed by atoms with van der Waals surface area (Å²) in [6.45, 7) is 5.65. The van der Waals surface area contributed by atoms with Crippen LogP contribution in [0.3, 0.4) is 0 Å². The van der Waals surface area contributed by atoms with E-state index in [0.717, 1.165) is 0 Å². The summed E-state index contributed by atoms with van der Waals surface area (Å²) in [6, 6.07) is 0. The Morgan fingerprint density at radius 1 is 1.24 bits per heavy atom. The van der Waals surface area contributed by atoms with Gasteiger partial charge in [0.1, 0.15) is 18.8 Å². The van der Waals surface area contributed by atoms with Crippen LogP contribution in [0.4, 0.5) is 0 Å². The highest BCUT2D eigenvalue weighted by Crippen LogP contribution is 2.39. The molecular formula is C13H20O8. The highest BCUT2D eigenvalue weighted by atomic mass is 16.8. The van der Waals surface area contributed by atoms with Crippen molar-refractivity contribution in [2.75, 3.05) is 6.61 Å². The van der Waals surface area contributed by atoms with Gasteiger partial charge in [0.05, 0.1) is 0 Å². The molecule has 0 aromatic carbocycles. The fourth-order valence-corrected chi connectivity index (χ4v) is 2.44. The normalized spacial score (nSPS) is 35.1. The maximum atomic E-state index is 11.2. The molecule has 0 aromatic heterocycles. The fraction of sp³-hybridized carbons (Fsp3) is 0.846. The van der Waals surface area contributed by atoms with Crippen LogP contribution in [0.1, 0.15) is 27.7 Å². The lowest BCUT2D eigenvalue weighted by Gasteiger charge is -2.27. The summed E-state index contributed by atoms with van der Waals surface area (Å²) < 4.78 is 26.7. The zero-order valence-electron chi connectivity index (χ0n) is 12.4. The van der Waals surface area contributed by atoms with E-state index in [0.29, 0.717) is 0 Å². The molecular weight excluding hydrogens is 284 g/mol. The summed E-state index contributed by atoms with van der Waals surface area (Å²) in [5.74, 6) is -1.91. The highest BCUT2D eigenvalue weighted by Gasteiger charge is 2.58. The minimum atomic E-state index is -1.15. The summed E-state index contributed by atoms with van der Waals surface area (Å²) in [7, 11) is 0. The molecule has 0 aliphatic carbocycles. The number of ether oxygens (including phenoxy) is 5. The molecule has 0 amide bonds. The Kier molecular flexibility index (Phi) is 4.52. The van der Waals surface area contributed by atoms with Gasteiger partial charge in [0, 0.05) is 13.8 Å². The quantitative estimate of drug-likeness (QED) is 0.708. The van der Waals surface area contributed by atoms with E-state index in [1.54, 1.807) is 13.8 Å². The molecule has 21 heavy (non-hydrogen) atoms. The van der Waals surface area contributed by atoms with E-state index in [2.05, 4.69) is 0 Å². The average molecular weight is 304 g/mol. The molecule has 2 rings (SSSR count). The minimum Gasteiger partial charge on any atom is -0.463 e. The first-order valence-corrected chi connectivity index (χ1v) is 6.69. The smallest absolute Gasteiger partial charge is 0.303 e. The summed E-state index contributed by atoms with van der Waals surface area (Å²) >= 11 is 0. The summed E-state index contributed by atoms with van der Waals surface area (Å²) in [5.41, 5.74) is 0. The molecule has 5 atom stereocenters. The van der Waals surface area contributed by atoms with E-state index >= 15 is 0 Å². The Labute approximate surface area is 122 Å². The third-order valence-corrected chi connectivity index (χ3v) is 3.17. The van der Waals surface area contributed by atoms with Gasteiger partial charge in [-0.3, -0.25) is 9.59 Å². The SMILES string of the molecule is CC(=O)OC[C@@H](O)[C@H]1O[C@@H]2OC(C)(C)O[C@@H]2[C@H]1OC(C)=O. The topological polar surface area (TPSA) is 101 Å². The van der Waals surface area contributed by atoms with Gasteiger partial charge < -0.3 is 28.8 Å². The Morgan fingerprint density at radius 2 is 1.90 bits per heavy atom. The van der Waals surface area contributed by atoms with E-state index in [4.69, 9.17) is 23.7 Å². The van der Waals surface area contributed by atoms with Crippen molar-refractivity contribution in [1.29, 1.82) is 0 Å². The Hall–Kier alpha value is -1.22. The summed E-state index contributed by atoms with van der Waals surface area (Å²) in [6.07, 6.45) is -4.26. The van der Waals surface area contributed by atoms with Gasteiger partial charge in [0.15, 0.2) is 24.3 Å². The molecule has 2 aliphatic rings. The molecule has 2 fully saturated rings. The fourth-order valence-electron chi connectivity index (χ4n) is 2.44. The van der Waals surface area contributed by atoms with Gasteiger partial charge >= 0.3 is 11.9 Å². The minimum absolute atomic E-state index is 0.263. The average Bonchev–Trinajstić information content (AvgIpc) is 2.79. The molecule has 2 aliphatic heterocycles. The number of carbonyl (C=O) groups is 2. The van der Waals surface area contributed by atoms with Gasteiger partial charge in [-0.25, -0.2) is 0 Å². The van der Waals surface area contributed by atoms with E-state index in [1.807, 2.05) is 0 Å². The van der Waals surface area contributed by atoms with Crippen molar-refractivity contribution < 1.29 is 38.4 Å². The zero-order chi connectivity index (χ0) is 15.8. The lowest BCUT2D eigenvalue weighted by atomic mass is 10.1. The van der Waals surface area contributed by atoms with Gasteiger partial charge in [0.25, 0.3) is 0 Å².